The Morgan fingerprint density at radius 3 is 2.73 bits per heavy atom. The van der Waals surface area contributed by atoms with Gasteiger partial charge in [0.15, 0.2) is 11.6 Å². The molecule has 0 bridgehead atoms. The Kier molecular flexibility index (Phi) is 3.66. The van der Waals surface area contributed by atoms with E-state index in [-0.39, 0.29) is 17.7 Å². The first-order valence-corrected chi connectivity index (χ1v) is 4.65. The van der Waals surface area contributed by atoms with E-state index >= 15 is 0 Å². The highest BCUT2D eigenvalue weighted by Gasteiger charge is 2.09. The standard InChI is InChI=1S/C11H14FNO2/c1-7(13-8(2)14)9-4-5-10(12)11(6-9)15-3/h4-7H,1-3H3,(H,13,14). The summed E-state index contributed by atoms with van der Waals surface area (Å²) in [6, 6.07) is 4.37. The molecule has 1 atom stereocenters. The molecule has 0 heterocycles. The summed E-state index contributed by atoms with van der Waals surface area (Å²) in [4.78, 5) is 10.8. The number of rotatable bonds is 3. The molecule has 1 N–H and O–H groups in total. The molecule has 3 nitrogen and oxygen atoms in total. The van der Waals surface area contributed by atoms with Gasteiger partial charge in [0.25, 0.3) is 0 Å². The Hall–Kier alpha value is -1.58. The number of nitrogens with one attached hydrogen (secondary N) is 1. The van der Waals surface area contributed by atoms with Crippen LogP contribution in [-0.4, -0.2) is 13.0 Å². The maximum Gasteiger partial charge on any atom is 0.217 e. The highest BCUT2D eigenvalue weighted by Crippen LogP contribution is 2.22. The third-order valence-corrected chi connectivity index (χ3v) is 2.09. The minimum atomic E-state index is -0.406. The van der Waals surface area contributed by atoms with Crippen LogP contribution in [0, 0.1) is 5.82 Å². The molecule has 15 heavy (non-hydrogen) atoms. The summed E-state index contributed by atoms with van der Waals surface area (Å²) in [5.74, 6) is -0.341. The fourth-order valence-corrected chi connectivity index (χ4v) is 1.33. The summed E-state index contributed by atoms with van der Waals surface area (Å²) in [7, 11) is 1.41. The summed E-state index contributed by atoms with van der Waals surface area (Å²) >= 11 is 0. The molecule has 4 heteroatoms. The average Bonchev–Trinajstić information content (AvgIpc) is 2.17. The van der Waals surface area contributed by atoms with Gasteiger partial charge in [-0.05, 0) is 24.6 Å². The molecule has 1 unspecified atom stereocenters. The van der Waals surface area contributed by atoms with E-state index in [2.05, 4.69) is 5.32 Å². The Bertz CT molecular complexity index is 366. The lowest BCUT2D eigenvalue weighted by atomic mass is 10.1. The molecule has 82 valence electrons. The first kappa shape index (κ1) is 11.5. The van der Waals surface area contributed by atoms with Gasteiger partial charge < -0.3 is 10.1 Å². The van der Waals surface area contributed by atoms with Crippen molar-refractivity contribution < 1.29 is 13.9 Å². The second-order valence-electron chi connectivity index (χ2n) is 3.32. The maximum atomic E-state index is 13.1. The predicted molar refractivity (Wildman–Crippen MR) is 55.2 cm³/mol. The predicted octanol–water partition coefficient (Wildman–Crippen LogP) is 2.03. The molecule has 0 radical (unpaired) electrons. The van der Waals surface area contributed by atoms with Crippen molar-refractivity contribution in [2.75, 3.05) is 7.11 Å². The van der Waals surface area contributed by atoms with E-state index < -0.39 is 5.82 Å². The van der Waals surface area contributed by atoms with Crippen LogP contribution in [-0.2, 0) is 4.79 Å². The van der Waals surface area contributed by atoms with Crippen molar-refractivity contribution in [3.05, 3.63) is 29.6 Å². The molecule has 0 spiro atoms. The lowest BCUT2D eigenvalue weighted by Gasteiger charge is -2.13. The highest BCUT2D eigenvalue weighted by molar-refractivity contribution is 5.73. The van der Waals surface area contributed by atoms with Crippen LogP contribution < -0.4 is 10.1 Å². The number of ether oxygens (including phenoxy) is 1. The van der Waals surface area contributed by atoms with Crippen molar-refractivity contribution in [2.45, 2.75) is 19.9 Å². The van der Waals surface area contributed by atoms with Crippen LogP contribution in [0.15, 0.2) is 18.2 Å². The summed E-state index contributed by atoms with van der Waals surface area (Å²) < 4.78 is 17.9. The van der Waals surface area contributed by atoms with E-state index in [0.29, 0.717) is 0 Å². The van der Waals surface area contributed by atoms with Gasteiger partial charge in [-0.15, -0.1) is 0 Å². The van der Waals surface area contributed by atoms with E-state index in [1.54, 1.807) is 12.1 Å². The molecule has 0 aliphatic heterocycles. The second-order valence-corrected chi connectivity index (χ2v) is 3.32. The molecule has 0 aromatic heterocycles. The summed E-state index contributed by atoms with van der Waals surface area (Å²) in [6.07, 6.45) is 0. The number of hydrogen-bond acceptors (Lipinski definition) is 2. The number of hydrogen-bond donors (Lipinski definition) is 1. The fraction of sp³-hybridized carbons (Fsp3) is 0.364. The largest absolute Gasteiger partial charge is 0.494 e. The topological polar surface area (TPSA) is 38.3 Å². The number of amides is 1. The van der Waals surface area contributed by atoms with Crippen LogP contribution >= 0.6 is 0 Å². The minimum absolute atomic E-state index is 0.120. The van der Waals surface area contributed by atoms with Gasteiger partial charge in [0.2, 0.25) is 5.91 Å². The zero-order valence-corrected chi connectivity index (χ0v) is 9.00. The number of carbonyl (C=O) groups excluding carboxylic acids is 1. The third-order valence-electron chi connectivity index (χ3n) is 2.09. The average molecular weight is 211 g/mol. The van der Waals surface area contributed by atoms with E-state index in [9.17, 15) is 9.18 Å². The van der Waals surface area contributed by atoms with Crippen molar-refractivity contribution >= 4 is 5.91 Å². The van der Waals surface area contributed by atoms with Gasteiger partial charge >= 0.3 is 0 Å². The van der Waals surface area contributed by atoms with E-state index in [1.165, 1.54) is 20.1 Å². The molecule has 1 aromatic carbocycles. The van der Waals surface area contributed by atoms with Crippen LogP contribution in [0.1, 0.15) is 25.5 Å². The first-order chi connectivity index (χ1) is 7.04. The number of methoxy groups -OCH3 is 1. The van der Waals surface area contributed by atoms with Gasteiger partial charge in [-0.3, -0.25) is 4.79 Å². The Labute approximate surface area is 88.2 Å². The van der Waals surface area contributed by atoms with Gasteiger partial charge in [-0.2, -0.15) is 0 Å². The molecule has 0 aliphatic carbocycles. The molecule has 0 saturated heterocycles. The maximum absolute atomic E-state index is 13.1. The number of carbonyl (C=O) groups is 1. The van der Waals surface area contributed by atoms with E-state index in [0.717, 1.165) is 5.56 Å². The molecule has 1 rings (SSSR count). The van der Waals surface area contributed by atoms with Gasteiger partial charge in [0.1, 0.15) is 0 Å². The number of benzene rings is 1. The Morgan fingerprint density at radius 2 is 2.20 bits per heavy atom. The highest BCUT2D eigenvalue weighted by atomic mass is 19.1. The normalized spacial score (nSPS) is 12.0. The third kappa shape index (κ3) is 2.94. The Morgan fingerprint density at radius 1 is 1.53 bits per heavy atom. The van der Waals surface area contributed by atoms with Crippen LogP contribution in [0.25, 0.3) is 0 Å². The Balaban J connectivity index is 2.90. The lowest BCUT2D eigenvalue weighted by molar-refractivity contribution is -0.119. The van der Waals surface area contributed by atoms with Crippen LogP contribution in [0.3, 0.4) is 0 Å². The second kappa shape index (κ2) is 4.77. The fourth-order valence-electron chi connectivity index (χ4n) is 1.33. The molecule has 0 saturated carbocycles. The summed E-state index contributed by atoms with van der Waals surface area (Å²) in [6.45, 7) is 3.27. The van der Waals surface area contributed by atoms with Crippen molar-refractivity contribution in [1.29, 1.82) is 0 Å². The van der Waals surface area contributed by atoms with Gasteiger partial charge in [-0.25, -0.2) is 4.39 Å². The van der Waals surface area contributed by atoms with Gasteiger partial charge in [-0.1, -0.05) is 6.07 Å². The summed E-state index contributed by atoms with van der Waals surface area (Å²) in [5, 5.41) is 2.71. The molecule has 1 aromatic rings. The van der Waals surface area contributed by atoms with Gasteiger partial charge in [0.05, 0.1) is 13.2 Å². The van der Waals surface area contributed by atoms with Crippen molar-refractivity contribution in [2.24, 2.45) is 0 Å². The summed E-state index contributed by atoms with van der Waals surface area (Å²) in [5.41, 5.74) is 0.809. The zero-order chi connectivity index (χ0) is 11.4. The SMILES string of the molecule is COc1cc(C(C)NC(C)=O)ccc1F. The molecular formula is C11H14FNO2. The van der Waals surface area contributed by atoms with E-state index in [4.69, 9.17) is 4.74 Å². The molecular weight excluding hydrogens is 197 g/mol. The lowest BCUT2D eigenvalue weighted by Crippen LogP contribution is -2.23. The molecule has 0 aliphatic rings. The number of halogens is 1. The van der Waals surface area contributed by atoms with E-state index in [1.807, 2.05) is 6.92 Å². The van der Waals surface area contributed by atoms with Crippen LogP contribution in [0.5, 0.6) is 5.75 Å². The van der Waals surface area contributed by atoms with Crippen molar-refractivity contribution in [3.63, 3.8) is 0 Å². The van der Waals surface area contributed by atoms with Crippen molar-refractivity contribution in [1.82, 2.24) is 5.32 Å². The van der Waals surface area contributed by atoms with Crippen LogP contribution in [0.2, 0.25) is 0 Å². The first-order valence-electron chi connectivity index (χ1n) is 4.65. The monoisotopic (exact) mass is 211 g/mol. The molecule has 0 fully saturated rings. The quantitative estimate of drug-likeness (QED) is 0.830. The minimum Gasteiger partial charge on any atom is -0.494 e. The zero-order valence-electron chi connectivity index (χ0n) is 9.00. The van der Waals surface area contributed by atoms with Crippen LogP contribution in [0.4, 0.5) is 4.39 Å². The van der Waals surface area contributed by atoms with Crippen molar-refractivity contribution in [3.8, 4) is 5.75 Å². The smallest absolute Gasteiger partial charge is 0.217 e. The van der Waals surface area contributed by atoms with Gasteiger partial charge in [0, 0.05) is 6.92 Å². The molecule has 1 amide bonds.